The number of hydrogen-bond donors (Lipinski definition) is 1. The summed E-state index contributed by atoms with van der Waals surface area (Å²) in [7, 11) is 2.86. The smallest absolute Gasteiger partial charge is 0.338 e. The van der Waals surface area contributed by atoms with Crippen LogP contribution in [0.1, 0.15) is 29.7 Å². The number of phenols is 1. The number of methoxy groups -OCH3 is 2. The van der Waals surface area contributed by atoms with Crippen LogP contribution in [0.4, 0.5) is 0 Å². The van der Waals surface area contributed by atoms with Crippen LogP contribution in [-0.4, -0.2) is 43.3 Å². The van der Waals surface area contributed by atoms with Crippen LogP contribution in [0.5, 0.6) is 28.7 Å². The van der Waals surface area contributed by atoms with E-state index in [1.807, 2.05) is 30.3 Å². The van der Waals surface area contributed by atoms with Crippen molar-refractivity contribution in [3.63, 3.8) is 0 Å². The fraction of sp³-hybridized carbons (Fsp3) is 0.194. The molecule has 1 unspecified atom stereocenters. The molecule has 10 nitrogen and oxygen atoms in total. The SMILES string of the molecule is CCOC(=O)C1=C(c2ccccc2)N=c2s/c(=C/c3cc(OC)c(O)c(OC)c3)c(=O)n2C1c1ccc2c(c1)OCO2. The Bertz CT molecular complexity index is 1880. The summed E-state index contributed by atoms with van der Waals surface area (Å²) in [4.78, 5) is 33.0. The summed E-state index contributed by atoms with van der Waals surface area (Å²) < 4.78 is 29.1. The molecule has 0 saturated carbocycles. The zero-order chi connectivity index (χ0) is 29.4. The highest BCUT2D eigenvalue weighted by atomic mass is 32.1. The van der Waals surface area contributed by atoms with Crippen molar-refractivity contribution >= 4 is 29.1 Å². The van der Waals surface area contributed by atoms with Crippen LogP contribution >= 0.6 is 11.3 Å². The monoisotopic (exact) mass is 586 g/mol. The summed E-state index contributed by atoms with van der Waals surface area (Å²) >= 11 is 1.18. The fourth-order valence-electron chi connectivity index (χ4n) is 4.99. The van der Waals surface area contributed by atoms with Gasteiger partial charge < -0.3 is 28.8 Å². The molecule has 0 spiro atoms. The number of carbonyl (C=O) groups is 1. The van der Waals surface area contributed by atoms with Crippen LogP contribution in [-0.2, 0) is 9.53 Å². The second-order valence-corrected chi connectivity index (χ2v) is 10.3. The molecule has 214 valence electrons. The highest BCUT2D eigenvalue weighted by molar-refractivity contribution is 7.07. The third-order valence-corrected chi connectivity index (χ3v) is 7.87. The van der Waals surface area contributed by atoms with E-state index in [1.165, 1.54) is 30.1 Å². The molecule has 6 rings (SSSR count). The average Bonchev–Trinajstić information content (AvgIpc) is 3.61. The van der Waals surface area contributed by atoms with Gasteiger partial charge in [0.25, 0.3) is 5.56 Å². The average molecular weight is 587 g/mol. The number of esters is 1. The van der Waals surface area contributed by atoms with Gasteiger partial charge in [-0.05, 0) is 48.4 Å². The molecule has 0 aliphatic carbocycles. The van der Waals surface area contributed by atoms with Crippen LogP contribution in [0.25, 0.3) is 11.8 Å². The lowest BCUT2D eigenvalue weighted by molar-refractivity contribution is -0.138. The van der Waals surface area contributed by atoms with Gasteiger partial charge in [0.2, 0.25) is 12.5 Å². The minimum atomic E-state index is -0.865. The lowest BCUT2D eigenvalue weighted by Crippen LogP contribution is -2.40. The maximum Gasteiger partial charge on any atom is 0.338 e. The van der Waals surface area contributed by atoms with Crippen molar-refractivity contribution in [1.29, 1.82) is 0 Å². The van der Waals surface area contributed by atoms with Gasteiger partial charge in [-0.1, -0.05) is 47.7 Å². The van der Waals surface area contributed by atoms with Crippen molar-refractivity contribution in [1.82, 2.24) is 4.57 Å². The second-order valence-electron chi connectivity index (χ2n) is 9.32. The number of nitrogens with zero attached hydrogens (tertiary/aromatic N) is 2. The molecule has 3 aromatic carbocycles. The summed E-state index contributed by atoms with van der Waals surface area (Å²) in [6, 6.07) is 17.0. The van der Waals surface area contributed by atoms with Gasteiger partial charge in [-0.15, -0.1) is 0 Å². The van der Waals surface area contributed by atoms with Gasteiger partial charge >= 0.3 is 5.97 Å². The first-order valence-electron chi connectivity index (χ1n) is 13.1. The van der Waals surface area contributed by atoms with Crippen molar-refractivity contribution in [2.45, 2.75) is 13.0 Å². The molecule has 0 fully saturated rings. The number of benzene rings is 3. The van der Waals surface area contributed by atoms with Crippen molar-refractivity contribution < 1.29 is 33.6 Å². The Morgan fingerprint density at radius 1 is 1.07 bits per heavy atom. The van der Waals surface area contributed by atoms with Crippen molar-refractivity contribution in [2.75, 3.05) is 27.6 Å². The van der Waals surface area contributed by atoms with Gasteiger partial charge in [0.1, 0.15) is 0 Å². The van der Waals surface area contributed by atoms with Gasteiger partial charge in [0, 0.05) is 5.56 Å². The normalized spacial score (nSPS) is 15.7. The highest BCUT2D eigenvalue weighted by Gasteiger charge is 2.36. The van der Waals surface area contributed by atoms with Gasteiger partial charge in [0.15, 0.2) is 27.8 Å². The van der Waals surface area contributed by atoms with Crippen LogP contribution in [0.3, 0.4) is 0 Å². The van der Waals surface area contributed by atoms with E-state index in [9.17, 15) is 14.7 Å². The van der Waals surface area contributed by atoms with E-state index in [0.717, 1.165) is 0 Å². The third-order valence-electron chi connectivity index (χ3n) is 6.89. The number of aromatic hydroxyl groups is 1. The topological polar surface area (TPSA) is 118 Å². The zero-order valence-electron chi connectivity index (χ0n) is 23.0. The summed E-state index contributed by atoms with van der Waals surface area (Å²) in [5.74, 6) is 0.758. The predicted molar refractivity (Wildman–Crippen MR) is 155 cm³/mol. The minimum Gasteiger partial charge on any atom is -0.502 e. The van der Waals surface area contributed by atoms with Gasteiger partial charge in [-0.25, -0.2) is 9.79 Å². The fourth-order valence-corrected chi connectivity index (χ4v) is 5.99. The predicted octanol–water partition coefficient (Wildman–Crippen LogP) is 3.39. The molecule has 0 saturated heterocycles. The Hall–Kier alpha value is -5.03. The molecule has 42 heavy (non-hydrogen) atoms. The van der Waals surface area contributed by atoms with E-state index in [2.05, 4.69) is 0 Å². The number of hydrogen-bond acceptors (Lipinski definition) is 10. The number of fused-ring (bicyclic) bond motifs is 2. The first-order valence-corrected chi connectivity index (χ1v) is 13.9. The maximum absolute atomic E-state index is 14.1. The number of carbonyl (C=O) groups excluding carboxylic acids is 1. The van der Waals surface area contributed by atoms with E-state index < -0.39 is 12.0 Å². The summed E-state index contributed by atoms with van der Waals surface area (Å²) in [5.41, 5.74) is 2.19. The summed E-state index contributed by atoms with van der Waals surface area (Å²) in [6.45, 7) is 1.95. The standard InChI is InChI=1S/C31H26N2O8S/c1-4-39-30(36)25-26(18-8-6-5-7-9-18)32-31-33(27(25)19-10-11-20-21(15-19)41-16-40-20)29(35)24(42-31)14-17-12-22(37-2)28(34)23(13-17)38-3/h5-15,27,34H,4,16H2,1-3H3/b24-14+. The molecule has 0 radical (unpaired) electrons. The van der Waals surface area contributed by atoms with Gasteiger partial charge in [-0.2, -0.15) is 0 Å². The van der Waals surface area contributed by atoms with Crippen molar-refractivity contribution in [2.24, 2.45) is 4.99 Å². The molecule has 1 aromatic heterocycles. The number of aromatic nitrogens is 1. The molecule has 1 N–H and O–H groups in total. The highest BCUT2D eigenvalue weighted by Crippen LogP contribution is 2.40. The number of phenolic OH excluding ortho intramolecular Hbond substituents is 1. The molecule has 2 aliphatic heterocycles. The first kappa shape index (κ1) is 27.2. The van der Waals surface area contributed by atoms with E-state index in [1.54, 1.807) is 43.3 Å². The summed E-state index contributed by atoms with van der Waals surface area (Å²) in [5, 5.41) is 10.3. The number of thiazole rings is 1. The molecule has 4 aromatic rings. The zero-order valence-corrected chi connectivity index (χ0v) is 23.8. The van der Waals surface area contributed by atoms with Crippen molar-refractivity contribution in [3.05, 3.63) is 103 Å². The van der Waals surface area contributed by atoms with Crippen LogP contribution in [0.2, 0.25) is 0 Å². The Kier molecular flexibility index (Phi) is 7.17. The van der Waals surface area contributed by atoms with E-state index in [4.69, 9.17) is 28.7 Å². The lowest BCUT2D eigenvalue weighted by Gasteiger charge is -2.26. The quantitative estimate of drug-likeness (QED) is 0.328. The van der Waals surface area contributed by atoms with Gasteiger partial charge in [-0.3, -0.25) is 9.36 Å². The largest absolute Gasteiger partial charge is 0.502 e. The molecule has 11 heteroatoms. The molecule has 0 amide bonds. The van der Waals surface area contributed by atoms with Gasteiger partial charge in [0.05, 0.1) is 42.7 Å². The molecule has 1 atom stereocenters. The van der Waals surface area contributed by atoms with Crippen LogP contribution in [0.15, 0.2) is 76.0 Å². The lowest BCUT2D eigenvalue weighted by atomic mass is 9.93. The Morgan fingerprint density at radius 3 is 2.48 bits per heavy atom. The molecule has 3 heterocycles. The van der Waals surface area contributed by atoms with E-state index in [-0.39, 0.29) is 41.8 Å². The van der Waals surface area contributed by atoms with E-state index >= 15 is 0 Å². The maximum atomic E-state index is 14.1. The molecule has 2 aliphatic rings. The first-order chi connectivity index (χ1) is 20.4. The van der Waals surface area contributed by atoms with Crippen LogP contribution < -0.4 is 33.8 Å². The second kappa shape index (κ2) is 11.1. The Morgan fingerprint density at radius 2 is 1.79 bits per heavy atom. The van der Waals surface area contributed by atoms with Crippen molar-refractivity contribution in [3.8, 4) is 28.7 Å². The molecule has 0 bridgehead atoms. The van der Waals surface area contributed by atoms with E-state index in [0.29, 0.717) is 43.2 Å². The Balaban J connectivity index is 1.63. The van der Waals surface area contributed by atoms with Crippen LogP contribution in [0, 0.1) is 0 Å². The number of rotatable bonds is 7. The molecular weight excluding hydrogens is 560 g/mol. The third kappa shape index (κ3) is 4.67. The Labute approximate surface area is 244 Å². The summed E-state index contributed by atoms with van der Waals surface area (Å²) in [6.07, 6.45) is 1.67. The minimum absolute atomic E-state index is 0.0803. The molecular formula is C31H26N2O8S. The number of ether oxygens (including phenoxy) is 5.